The summed E-state index contributed by atoms with van der Waals surface area (Å²) in [7, 11) is 0. The summed E-state index contributed by atoms with van der Waals surface area (Å²) in [5, 5.41) is 4.97. The Morgan fingerprint density at radius 3 is 3.18 bits per heavy atom. The topological polar surface area (TPSA) is 55.6 Å². The van der Waals surface area contributed by atoms with Crippen LogP contribution in [0, 0.1) is 6.92 Å². The van der Waals surface area contributed by atoms with Crippen molar-refractivity contribution in [3.05, 3.63) is 52.8 Å². The molecular weight excluding hydrogens is 298 g/mol. The smallest absolute Gasteiger partial charge is 0.261 e. The van der Waals surface area contributed by atoms with E-state index in [0.717, 1.165) is 27.7 Å². The Morgan fingerprint density at radius 1 is 1.50 bits per heavy atom. The number of para-hydroxylation sites is 1. The van der Waals surface area contributed by atoms with Crippen LogP contribution in [0.15, 0.2) is 35.8 Å². The lowest BCUT2D eigenvalue weighted by Crippen LogP contribution is -2.37. The lowest BCUT2D eigenvalue weighted by Gasteiger charge is -2.10. The van der Waals surface area contributed by atoms with E-state index in [1.165, 1.54) is 0 Å². The van der Waals surface area contributed by atoms with Gasteiger partial charge in [0.15, 0.2) is 11.1 Å². The third-order valence-electron chi connectivity index (χ3n) is 3.82. The number of carbonyl (C=O) groups is 1. The number of nitrogens with one attached hydrogen (secondary N) is 1. The van der Waals surface area contributed by atoms with Gasteiger partial charge in [-0.25, -0.2) is 4.98 Å². The Kier molecular flexibility index (Phi) is 3.11. The highest BCUT2D eigenvalue weighted by molar-refractivity contribution is 7.15. The van der Waals surface area contributed by atoms with Crippen LogP contribution in [0.2, 0.25) is 0 Å². The zero-order chi connectivity index (χ0) is 15.1. The number of fused-ring (bicyclic) bond motifs is 2. The second-order valence-corrected chi connectivity index (χ2v) is 6.23. The summed E-state index contributed by atoms with van der Waals surface area (Å²) in [4.78, 5) is 17.7. The molecule has 1 N–H and O–H groups in total. The van der Waals surface area contributed by atoms with Crippen molar-refractivity contribution in [1.29, 1.82) is 0 Å². The quantitative estimate of drug-likeness (QED) is 0.807. The largest absolute Gasteiger partial charge is 0.480 e. The third kappa shape index (κ3) is 2.25. The van der Waals surface area contributed by atoms with E-state index in [2.05, 4.69) is 15.7 Å². The van der Waals surface area contributed by atoms with Crippen molar-refractivity contribution in [2.75, 3.05) is 0 Å². The number of ether oxygens (including phenoxy) is 1. The number of hydrogen-bond acceptors (Lipinski definition) is 4. The SMILES string of the molecule is Cc1csc2nc(CNC(=O)[C@H]3Cc4ccccc4O3)cn12. The molecule has 5 nitrogen and oxygen atoms in total. The van der Waals surface area contributed by atoms with Crippen LogP contribution < -0.4 is 10.1 Å². The number of benzene rings is 1. The maximum atomic E-state index is 12.2. The molecule has 6 heteroatoms. The fraction of sp³-hybridized carbons (Fsp3) is 0.250. The van der Waals surface area contributed by atoms with Crippen molar-refractivity contribution >= 4 is 22.2 Å². The predicted molar refractivity (Wildman–Crippen MR) is 84.2 cm³/mol. The van der Waals surface area contributed by atoms with E-state index in [9.17, 15) is 4.79 Å². The molecule has 0 saturated heterocycles. The number of amides is 1. The minimum atomic E-state index is -0.442. The van der Waals surface area contributed by atoms with Gasteiger partial charge in [-0.05, 0) is 18.6 Å². The van der Waals surface area contributed by atoms with Crippen LogP contribution in [0.1, 0.15) is 17.0 Å². The first-order valence-corrected chi connectivity index (χ1v) is 8.03. The van der Waals surface area contributed by atoms with Gasteiger partial charge < -0.3 is 10.1 Å². The normalized spacial score (nSPS) is 16.5. The van der Waals surface area contributed by atoms with E-state index in [-0.39, 0.29) is 5.91 Å². The van der Waals surface area contributed by atoms with Crippen LogP contribution in [0.4, 0.5) is 0 Å². The zero-order valence-corrected chi connectivity index (χ0v) is 12.9. The summed E-state index contributed by atoms with van der Waals surface area (Å²) in [5.74, 6) is 0.713. The molecule has 1 atom stereocenters. The molecular formula is C16H15N3O2S. The number of carbonyl (C=O) groups excluding carboxylic acids is 1. The van der Waals surface area contributed by atoms with E-state index >= 15 is 0 Å². The minimum Gasteiger partial charge on any atom is -0.480 e. The molecule has 1 aliphatic rings. The highest BCUT2D eigenvalue weighted by Crippen LogP contribution is 2.28. The standard InChI is InChI=1S/C16H15N3O2S/c1-10-9-22-16-18-12(8-19(10)16)7-17-15(20)14-6-11-4-2-3-5-13(11)21-14/h2-5,8-9,14H,6-7H2,1H3,(H,17,20)/t14-/m1/s1. The molecule has 112 valence electrons. The lowest BCUT2D eigenvalue weighted by atomic mass is 10.1. The number of hydrogen-bond donors (Lipinski definition) is 1. The average molecular weight is 313 g/mol. The molecule has 0 radical (unpaired) electrons. The number of nitrogens with zero attached hydrogens (tertiary/aromatic N) is 2. The molecule has 2 aromatic heterocycles. The predicted octanol–water partition coefficient (Wildman–Crippen LogP) is 2.32. The van der Waals surface area contributed by atoms with E-state index < -0.39 is 6.10 Å². The molecule has 1 aromatic carbocycles. The summed E-state index contributed by atoms with van der Waals surface area (Å²) in [6.07, 6.45) is 2.15. The number of rotatable bonds is 3. The number of aryl methyl sites for hydroxylation is 1. The minimum absolute atomic E-state index is 0.0933. The number of thiazole rings is 1. The van der Waals surface area contributed by atoms with E-state index in [1.807, 2.05) is 41.8 Å². The first-order chi connectivity index (χ1) is 10.7. The van der Waals surface area contributed by atoms with Gasteiger partial charge in [0.2, 0.25) is 0 Å². The van der Waals surface area contributed by atoms with E-state index in [1.54, 1.807) is 11.3 Å². The molecule has 4 rings (SSSR count). The third-order valence-corrected chi connectivity index (χ3v) is 4.78. The Morgan fingerprint density at radius 2 is 2.36 bits per heavy atom. The summed E-state index contributed by atoms with van der Waals surface area (Å²) in [6.45, 7) is 2.46. The summed E-state index contributed by atoms with van der Waals surface area (Å²) < 4.78 is 7.72. The fourth-order valence-corrected chi connectivity index (χ4v) is 3.52. The van der Waals surface area contributed by atoms with Crippen LogP contribution in [0.5, 0.6) is 5.75 Å². The highest BCUT2D eigenvalue weighted by atomic mass is 32.1. The van der Waals surface area contributed by atoms with Gasteiger partial charge in [-0.3, -0.25) is 9.20 Å². The van der Waals surface area contributed by atoms with Crippen molar-refractivity contribution in [2.24, 2.45) is 0 Å². The zero-order valence-electron chi connectivity index (χ0n) is 12.1. The Labute approximate surface area is 131 Å². The summed E-state index contributed by atoms with van der Waals surface area (Å²) in [5.41, 5.74) is 3.10. The van der Waals surface area contributed by atoms with Gasteiger partial charge in [-0.15, -0.1) is 11.3 Å². The lowest BCUT2D eigenvalue weighted by molar-refractivity contribution is -0.127. The molecule has 3 aromatic rings. The van der Waals surface area contributed by atoms with Gasteiger partial charge in [0.1, 0.15) is 5.75 Å². The maximum Gasteiger partial charge on any atom is 0.261 e. The molecule has 1 aliphatic heterocycles. The monoisotopic (exact) mass is 313 g/mol. The van der Waals surface area contributed by atoms with Gasteiger partial charge >= 0.3 is 0 Å². The molecule has 22 heavy (non-hydrogen) atoms. The van der Waals surface area contributed by atoms with Gasteiger partial charge in [-0.2, -0.15) is 0 Å². The van der Waals surface area contributed by atoms with Crippen LogP contribution in [-0.2, 0) is 17.8 Å². The second-order valence-electron chi connectivity index (χ2n) is 5.40. The van der Waals surface area contributed by atoms with Crippen LogP contribution in [0.25, 0.3) is 4.96 Å². The number of aromatic nitrogens is 2. The molecule has 0 bridgehead atoms. The van der Waals surface area contributed by atoms with Gasteiger partial charge in [0.25, 0.3) is 5.91 Å². The van der Waals surface area contributed by atoms with Crippen LogP contribution in [0.3, 0.4) is 0 Å². The van der Waals surface area contributed by atoms with Gasteiger partial charge in [0.05, 0.1) is 12.2 Å². The van der Waals surface area contributed by atoms with Crippen LogP contribution >= 0.6 is 11.3 Å². The Balaban J connectivity index is 1.41. The van der Waals surface area contributed by atoms with Gasteiger partial charge in [0, 0.05) is 23.7 Å². The van der Waals surface area contributed by atoms with E-state index in [0.29, 0.717) is 13.0 Å². The second kappa shape index (κ2) is 5.14. The molecule has 3 heterocycles. The molecule has 0 spiro atoms. The molecule has 1 amide bonds. The first kappa shape index (κ1) is 13.3. The molecule has 0 unspecified atom stereocenters. The Hall–Kier alpha value is -2.34. The van der Waals surface area contributed by atoms with Crippen molar-refractivity contribution in [3.63, 3.8) is 0 Å². The number of imidazole rings is 1. The van der Waals surface area contributed by atoms with Crippen molar-refractivity contribution in [1.82, 2.24) is 14.7 Å². The highest BCUT2D eigenvalue weighted by Gasteiger charge is 2.28. The summed E-state index contributed by atoms with van der Waals surface area (Å²) >= 11 is 1.60. The van der Waals surface area contributed by atoms with Crippen molar-refractivity contribution in [3.8, 4) is 5.75 Å². The molecule has 0 saturated carbocycles. The van der Waals surface area contributed by atoms with Crippen molar-refractivity contribution in [2.45, 2.75) is 26.0 Å². The van der Waals surface area contributed by atoms with E-state index in [4.69, 9.17) is 4.74 Å². The van der Waals surface area contributed by atoms with Gasteiger partial charge in [-0.1, -0.05) is 18.2 Å². The first-order valence-electron chi connectivity index (χ1n) is 7.15. The average Bonchev–Trinajstić information content (AvgIpc) is 3.20. The van der Waals surface area contributed by atoms with Crippen LogP contribution in [-0.4, -0.2) is 21.4 Å². The fourth-order valence-electron chi connectivity index (χ4n) is 2.65. The molecule has 0 aliphatic carbocycles. The Bertz CT molecular complexity index is 827. The van der Waals surface area contributed by atoms with Crippen molar-refractivity contribution < 1.29 is 9.53 Å². The molecule has 0 fully saturated rings. The maximum absolute atomic E-state index is 12.2. The summed E-state index contributed by atoms with van der Waals surface area (Å²) in [6, 6.07) is 7.77.